The standard InChI is InChI=1S/2C7H15.O.Sn/c2*1-3-5-7-6-4-2;;/h2*1,3-7H2,2H3;;/q;;-2;+2. The second kappa shape index (κ2) is 18.1. The molecule has 0 N–H and O–H groups in total. The van der Waals surface area contributed by atoms with Crippen molar-refractivity contribution in [2.24, 2.45) is 0 Å². The zero-order valence-electron chi connectivity index (χ0n) is 11.4. The summed E-state index contributed by atoms with van der Waals surface area (Å²) in [5.41, 5.74) is 0. The van der Waals surface area contributed by atoms with Gasteiger partial charge in [-0.1, -0.05) is 0 Å². The van der Waals surface area contributed by atoms with Crippen LogP contribution in [0.4, 0.5) is 0 Å². The van der Waals surface area contributed by atoms with Crippen molar-refractivity contribution in [1.82, 2.24) is 0 Å². The van der Waals surface area contributed by atoms with E-state index < -0.39 is 0 Å². The molecule has 0 aromatic heterocycles. The van der Waals surface area contributed by atoms with Crippen molar-refractivity contribution in [3.63, 3.8) is 0 Å². The molecule has 0 bridgehead atoms. The van der Waals surface area contributed by atoms with Crippen LogP contribution >= 0.6 is 0 Å². The molecule has 0 saturated carbocycles. The summed E-state index contributed by atoms with van der Waals surface area (Å²) in [6.07, 6.45) is 14.8. The normalized spacial score (nSPS) is 9.62. The Morgan fingerprint density at radius 3 is 1.31 bits per heavy atom. The third-order valence-corrected chi connectivity index (χ3v) is 6.95. The Bertz CT molecular complexity index is 94.9. The predicted octanol–water partition coefficient (Wildman–Crippen LogP) is 5.35. The first kappa shape index (κ1) is 19.1. The van der Waals surface area contributed by atoms with Crippen LogP contribution in [0.5, 0.6) is 0 Å². The SMILES string of the molecule is CCCCCC[CH2][Sn+2][CH2]CCCCCC.[O-2]. The van der Waals surface area contributed by atoms with Gasteiger partial charge in [-0.2, -0.15) is 0 Å². The Hall–Kier alpha value is 0.759. The average molecular weight is 333 g/mol. The van der Waals surface area contributed by atoms with Crippen molar-refractivity contribution in [3.8, 4) is 0 Å². The van der Waals surface area contributed by atoms with E-state index in [0.717, 1.165) is 0 Å². The second-order valence-corrected chi connectivity index (χ2v) is 8.86. The van der Waals surface area contributed by atoms with Crippen LogP contribution in [0, 0.1) is 0 Å². The van der Waals surface area contributed by atoms with Crippen molar-refractivity contribution >= 4 is 21.1 Å². The van der Waals surface area contributed by atoms with Gasteiger partial charge in [0, 0.05) is 0 Å². The van der Waals surface area contributed by atoms with Gasteiger partial charge in [0.15, 0.2) is 0 Å². The molecule has 16 heavy (non-hydrogen) atoms. The van der Waals surface area contributed by atoms with Gasteiger partial charge in [0.2, 0.25) is 0 Å². The fourth-order valence-corrected chi connectivity index (χ4v) is 5.40. The van der Waals surface area contributed by atoms with Crippen LogP contribution in [0.1, 0.15) is 78.1 Å². The van der Waals surface area contributed by atoms with E-state index in [9.17, 15) is 0 Å². The van der Waals surface area contributed by atoms with Gasteiger partial charge in [-0.3, -0.25) is 0 Å². The van der Waals surface area contributed by atoms with Crippen LogP contribution in [0.2, 0.25) is 8.87 Å². The molecule has 0 amide bonds. The first-order valence-electron chi connectivity index (χ1n) is 7.12. The molecule has 0 aliphatic carbocycles. The van der Waals surface area contributed by atoms with Gasteiger partial charge >= 0.3 is 108 Å². The molecule has 0 spiro atoms. The minimum Gasteiger partial charge on any atom is -2.00 e. The summed E-state index contributed by atoms with van der Waals surface area (Å²) in [4.78, 5) is 0. The maximum absolute atomic E-state index is 2.30. The van der Waals surface area contributed by atoms with Crippen LogP contribution in [0.3, 0.4) is 0 Å². The summed E-state index contributed by atoms with van der Waals surface area (Å²) in [5.74, 6) is 0. The minimum atomic E-state index is 0. The summed E-state index contributed by atoms with van der Waals surface area (Å²) in [6, 6.07) is 0. The minimum absolute atomic E-state index is 0. The molecule has 96 valence electrons. The number of hydrogen-bond donors (Lipinski definition) is 0. The summed E-state index contributed by atoms with van der Waals surface area (Å²) in [7, 11) is 0. The summed E-state index contributed by atoms with van der Waals surface area (Å²) in [5, 5.41) is 0. The molecular formula is C14H30OSn. The van der Waals surface area contributed by atoms with Crippen LogP contribution in [0.25, 0.3) is 0 Å². The molecule has 0 fully saturated rings. The van der Waals surface area contributed by atoms with E-state index >= 15 is 0 Å². The molecule has 0 radical (unpaired) electrons. The smallest absolute Gasteiger partial charge is 2.00 e. The van der Waals surface area contributed by atoms with Gasteiger partial charge in [-0.25, -0.2) is 0 Å². The Morgan fingerprint density at radius 1 is 0.562 bits per heavy atom. The van der Waals surface area contributed by atoms with Crippen molar-refractivity contribution in [1.29, 1.82) is 0 Å². The summed E-state index contributed by atoms with van der Waals surface area (Å²) in [6.45, 7) is 4.60. The van der Waals surface area contributed by atoms with Crippen LogP contribution in [-0.4, -0.2) is 21.1 Å². The summed E-state index contributed by atoms with van der Waals surface area (Å²) < 4.78 is 3.31. The molecule has 0 aliphatic rings. The molecule has 0 aliphatic heterocycles. The van der Waals surface area contributed by atoms with Gasteiger partial charge in [-0.05, 0) is 0 Å². The van der Waals surface area contributed by atoms with Gasteiger partial charge in [0.05, 0.1) is 0 Å². The molecule has 0 unspecified atom stereocenters. The maximum atomic E-state index is 2.30. The van der Waals surface area contributed by atoms with Crippen molar-refractivity contribution in [2.75, 3.05) is 0 Å². The summed E-state index contributed by atoms with van der Waals surface area (Å²) >= 11 is 0.0871. The van der Waals surface area contributed by atoms with E-state index in [4.69, 9.17) is 0 Å². The van der Waals surface area contributed by atoms with Crippen LogP contribution < -0.4 is 0 Å². The molecule has 0 atom stereocenters. The fraction of sp³-hybridized carbons (Fsp3) is 1.00. The molecule has 1 nitrogen and oxygen atoms in total. The number of hydrogen-bond acceptors (Lipinski definition) is 0. The Labute approximate surface area is 113 Å². The quantitative estimate of drug-likeness (QED) is 0.340. The number of rotatable bonds is 12. The van der Waals surface area contributed by atoms with Gasteiger partial charge in [0.1, 0.15) is 0 Å². The molecular weight excluding hydrogens is 303 g/mol. The molecule has 0 heterocycles. The van der Waals surface area contributed by atoms with E-state index in [1.165, 1.54) is 51.4 Å². The van der Waals surface area contributed by atoms with Gasteiger partial charge < -0.3 is 5.48 Å². The molecule has 0 aromatic carbocycles. The average Bonchev–Trinajstić information content (AvgIpc) is 2.26. The van der Waals surface area contributed by atoms with Crippen molar-refractivity contribution in [3.05, 3.63) is 0 Å². The predicted molar refractivity (Wildman–Crippen MR) is 73.6 cm³/mol. The van der Waals surface area contributed by atoms with Gasteiger partial charge in [0.25, 0.3) is 0 Å². The first-order valence-corrected chi connectivity index (χ1v) is 11.2. The van der Waals surface area contributed by atoms with Crippen molar-refractivity contribution < 1.29 is 5.48 Å². The van der Waals surface area contributed by atoms with E-state index in [1.807, 2.05) is 0 Å². The van der Waals surface area contributed by atoms with Crippen LogP contribution in [-0.2, 0) is 5.48 Å². The third-order valence-electron chi connectivity index (χ3n) is 2.91. The molecule has 0 aromatic rings. The number of unbranched alkanes of at least 4 members (excludes halogenated alkanes) is 8. The van der Waals surface area contributed by atoms with E-state index in [-0.39, 0.29) is 26.6 Å². The monoisotopic (exact) mass is 334 g/mol. The topological polar surface area (TPSA) is 28.5 Å². The molecule has 0 saturated heterocycles. The Balaban J connectivity index is 0. The van der Waals surface area contributed by atoms with Gasteiger partial charge in [-0.15, -0.1) is 0 Å². The fourth-order valence-electron chi connectivity index (χ4n) is 1.83. The van der Waals surface area contributed by atoms with E-state index in [0.29, 0.717) is 0 Å². The zero-order valence-corrected chi connectivity index (χ0v) is 14.2. The zero-order chi connectivity index (χ0) is 11.2. The van der Waals surface area contributed by atoms with E-state index in [2.05, 4.69) is 13.8 Å². The molecule has 2 heteroatoms. The van der Waals surface area contributed by atoms with Crippen molar-refractivity contribution in [2.45, 2.75) is 86.9 Å². The molecule has 0 rings (SSSR count). The first-order chi connectivity index (χ1) is 7.41. The van der Waals surface area contributed by atoms with Crippen LogP contribution in [0.15, 0.2) is 0 Å². The largest absolute Gasteiger partial charge is 2.00 e. The maximum Gasteiger partial charge on any atom is -2.00 e. The van der Waals surface area contributed by atoms with E-state index in [1.54, 1.807) is 21.7 Å². The second-order valence-electron chi connectivity index (χ2n) is 4.58. The third kappa shape index (κ3) is 17.2. The Morgan fingerprint density at radius 2 is 0.938 bits per heavy atom. The Kier molecular flexibility index (Phi) is 21.7.